The fourth-order valence-electron chi connectivity index (χ4n) is 3.37. The number of carbonyl (C=O) groups is 2. The molecule has 1 atom stereocenters. The Morgan fingerprint density at radius 3 is 2.55 bits per heavy atom. The summed E-state index contributed by atoms with van der Waals surface area (Å²) in [5.41, 5.74) is -0.275. The topological polar surface area (TPSA) is 105 Å². The molecule has 0 radical (unpaired) electrons. The average Bonchev–Trinajstić information content (AvgIpc) is 3.07. The minimum atomic E-state index is -1.34. The lowest BCUT2D eigenvalue weighted by Gasteiger charge is -2.30. The van der Waals surface area contributed by atoms with Crippen LogP contribution in [-0.4, -0.2) is 46.2 Å². The van der Waals surface area contributed by atoms with Gasteiger partial charge in [-0.2, -0.15) is 9.78 Å². The smallest absolute Gasteiger partial charge is 0.343 e. The predicted octanol–water partition coefficient (Wildman–Crippen LogP) is 2.08. The summed E-state index contributed by atoms with van der Waals surface area (Å²) >= 11 is 0. The SMILES string of the molecule is CC(C)(C)[C@H](NC(=O)n1nc(-c2cc(F)c(F)cc2F)c2c1CCOC2)C(=O)NCO. The third kappa shape index (κ3) is 4.57. The molecular weight excluding hydrogens is 417 g/mol. The van der Waals surface area contributed by atoms with Crippen molar-refractivity contribution < 1.29 is 32.6 Å². The van der Waals surface area contributed by atoms with Crippen LogP contribution in [0.4, 0.5) is 18.0 Å². The van der Waals surface area contributed by atoms with Crippen LogP contribution in [0.3, 0.4) is 0 Å². The zero-order chi connectivity index (χ0) is 22.9. The lowest BCUT2D eigenvalue weighted by Crippen LogP contribution is -2.54. The van der Waals surface area contributed by atoms with Crippen molar-refractivity contribution in [2.24, 2.45) is 5.41 Å². The van der Waals surface area contributed by atoms with Gasteiger partial charge in [0.05, 0.1) is 18.9 Å². The highest BCUT2D eigenvalue weighted by Gasteiger charge is 2.35. The summed E-state index contributed by atoms with van der Waals surface area (Å²) in [4.78, 5) is 25.3. The third-order valence-corrected chi connectivity index (χ3v) is 4.93. The Labute approximate surface area is 176 Å². The molecule has 0 spiro atoms. The highest BCUT2D eigenvalue weighted by Crippen LogP contribution is 2.32. The number of amides is 2. The van der Waals surface area contributed by atoms with E-state index >= 15 is 0 Å². The molecule has 3 rings (SSSR count). The monoisotopic (exact) mass is 440 g/mol. The Morgan fingerprint density at radius 1 is 1.23 bits per heavy atom. The summed E-state index contributed by atoms with van der Waals surface area (Å²) in [5, 5.41) is 18.0. The number of carbonyl (C=O) groups excluding carboxylic acids is 2. The molecule has 1 aliphatic heterocycles. The Hall–Kier alpha value is -2.92. The van der Waals surface area contributed by atoms with Crippen LogP contribution in [0.5, 0.6) is 0 Å². The molecule has 2 amide bonds. The molecule has 0 saturated heterocycles. The van der Waals surface area contributed by atoms with Gasteiger partial charge in [0.15, 0.2) is 11.6 Å². The first kappa shape index (κ1) is 22.8. The van der Waals surface area contributed by atoms with Gasteiger partial charge in [0.2, 0.25) is 5.91 Å². The summed E-state index contributed by atoms with van der Waals surface area (Å²) in [5.74, 6) is -4.23. The van der Waals surface area contributed by atoms with Crippen molar-refractivity contribution in [3.63, 3.8) is 0 Å². The van der Waals surface area contributed by atoms with Gasteiger partial charge in [0.1, 0.15) is 24.3 Å². The summed E-state index contributed by atoms with van der Waals surface area (Å²) in [6.45, 7) is 4.86. The minimum Gasteiger partial charge on any atom is -0.376 e. The summed E-state index contributed by atoms with van der Waals surface area (Å²) in [7, 11) is 0. The number of benzene rings is 1. The summed E-state index contributed by atoms with van der Waals surface area (Å²) in [6.07, 6.45) is 0.268. The number of aromatic nitrogens is 2. The van der Waals surface area contributed by atoms with Gasteiger partial charge in [-0.25, -0.2) is 18.0 Å². The molecule has 1 aromatic carbocycles. The Morgan fingerprint density at radius 2 is 1.90 bits per heavy atom. The van der Waals surface area contributed by atoms with E-state index in [0.29, 0.717) is 23.4 Å². The number of aliphatic hydroxyl groups is 1. The van der Waals surface area contributed by atoms with Gasteiger partial charge in [0, 0.05) is 23.6 Å². The second-order valence-corrected chi connectivity index (χ2v) is 8.18. The van der Waals surface area contributed by atoms with Gasteiger partial charge in [-0.15, -0.1) is 0 Å². The Bertz CT molecular complexity index is 1020. The lowest BCUT2D eigenvalue weighted by molar-refractivity contribution is -0.126. The molecule has 11 heteroatoms. The molecule has 0 saturated carbocycles. The summed E-state index contributed by atoms with van der Waals surface area (Å²) < 4.78 is 47.9. The quantitative estimate of drug-likeness (QED) is 0.499. The molecule has 1 aliphatic rings. The van der Waals surface area contributed by atoms with Crippen molar-refractivity contribution in [2.75, 3.05) is 13.3 Å². The lowest BCUT2D eigenvalue weighted by atomic mass is 9.86. The minimum absolute atomic E-state index is 0.00405. The molecule has 0 bridgehead atoms. The van der Waals surface area contributed by atoms with Crippen LogP contribution in [0.2, 0.25) is 0 Å². The number of aliphatic hydroxyl groups excluding tert-OH is 1. The largest absolute Gasteiger partial charge is 0.376 e. The molecule has 1 aromatic heterocycles. The highest BCUT2D eigenvalue weighted by atomic mass is 19.2. The molecular formula is C20H23F3N4O4. The predicted molar refractivity (Wildman–Crippen MR) is 103 cm³/mol. The van der Waals surface area contributed by atoms with Crippen LogP contribution in [0.1, 0.15) is 32.0 Å². The van der Waals surface area contributed by atoms with Gasteiger partial charge < -0.3 is 20.5 Å². The maximum absolute atomic E-state index is 14.4. The molecule has 0 aliphatic carbocycles. The average molecular weight is 440 g/mol. The maximum Gasteiger partial charge on any atom is 0.343 e. The second kappa shape index (κ2) is 8.67. The number of nitrogens with one attached hydrogen (secondary N) is 2. The fraction of sp³-hybridized carbons (Fsp3) is 0.450. The van der Waals surface area contributed by atoms with Crippen molar-refractivity contribution in [1.29, 1.82) is 0 Å². The third-order valence-electron chi connectivity index (χ3n) is 4.93. The van der Waals surface area contributed by atoms with Crippen molar-refractivity contribution in [1.82, 2.24) is 20.4 Å². The van der Waals surface area contributed by atoms with E-state index in [9.17, 15) is 22.8 Å². The van der Waals surface area contributed by atoms with E-state index < -0.39 is 47.6 Å². The van der Waals surface area contributed by atoms with Gasteiger partial charge in [0.25, 0.3) is 0 Å². The molecule has 8 nitrogen and oxygen atoms in total. The van der Waals surface area contributed by atoms with Crippen LogP contribution in [0.25, 0.3) is 11.3 Å². The molecule has 31 heavy (non-hydrogen) atoms. The normalized spacial score (nSPS) is 14.7. The van der Waals surface area contributed by atoms with Crippen LogP contribution >= 0.6 is 0 Å². The number of hydrogen-bond donors (Lipinski definition) is 3. The number of nitrogens with zero attached hydrogens (tertiary/aromatic N) is 2. The molecule has 3 N–H and O–H groups in total. The molecule has 0 unspecified atom stereocenters. The first-order valence-electron chi connectivity index (χ1n) is 9.57. The van der Waals surface area contributed by atoms with Crippen molar-refractivity contribution in [3.05, 3.63) is 40.8 Å². The van der Waals surface area contributed by atoms with Crippen molar-refractivity contribution in [2.45, 2.75) is 39.8 Å². The van der Waals surface area contributed by atoms with Crippen LogP contribution in [-0.2, 0) is 22.6 Å². The van der Waals surface area contributed by atoms with Gasteiger partial charge in [-0.05, 0) is 11.5 Å². The fourth-order valence-corrected chi connectivity index (χ4v) is 3.37. The zero-order valence-electron chi connectivity index (χ0n) is 17.3. The van der Waals surface area contributed by atoms with Crippen LogP contribution in [0, 0.1) is 22.9 Å². The van der Waals surface area contributed by atoms with Crippen LogP contribution < -0.4 is 10.6 Å². The van der Waals surface area contributed by atoms with E-state index in [1.807, 2.05) is 0 Å². The standard InChI is InChI=1S/C20H23F3N4O4/c1-20(2,3)17(18(29)24-9-28)25-19(30)27-15-4-5-31-8-11(15)16(26-27)10-6-13(22)14(23)7-12(10)21/h6-7,17,28H,4-5,8-9H2,1-3H3,(H,24,29)(H,25,30)/t17-/m1/s1. The first-order valence-corrected chi connectivity index (χ1v) is 9.57. The maximum atomic E-state index is 14.4. The molecule has 2 aromatic rings. The zero-order valence-corrected chi connectivity index (χ0v) is 17.3. The van der Waals surface area contributed by atoms with E-state index in [0.717, 1.165) is 4.68 Å². The van der Waals surface area contributed by atoms with E-state index in [1.54, 1.807) is 20.8 Å². The van der Waals surface area contributed by atoms with Crippen LogP contribution in [0.15, 0.2) is 12.1 Å². The molecule has 168 valence electrons. The Kier molecular flexibility index (Phi) is 6.37. The number of ether oxygens (including phenoxy) is 1. The van der Waals surface area contributed by atoms with E-state index in [4.69, 9.17) is 9.84 Å². The van der Waals surface area contributed by atoms with E-state index in [2.05, 4.69) is 15.7 Å². The van der Waals surface area contributed by atoms with E-state index in [1.165, 1.54) is 0 Å². The van der Waals surface area contributed by atoms with Gasteiger partial charge in [-0.3, -0.25) is 4.79 Å². The molecule has 0 fully saturated rings. The summed E-state index contributed by atoms with van der Waals surface area (Å²) in [6, 6.07) is -0.693. The highest BCUT2D eigenvalue weighted by molar-refractivity contribution is 5.88. The van der Waals surface area contributed by atoms with Gasteiger partial charge >= 0.3 is 6.03 Å². The van der Waals surface area contributed by atoms with E-state index in [-0.39, 0.29) is 30.9 Å². The van der Waals surface area contributed by atoms with Crippen molar-refractivity contribution >= 4 is 11.9 Å². The second-order valence-electron chi connectivity index (χ2n) is 8.18. The first-order chi connectivity index (χ1) is 14.5. The van der Waals surface area contributed by atoms with Gasteiger partial charge in [-0.1, -0.05) is 20.8 Å². The number of rotatable bonds is 4. The Balaban J connectivity index is 2.03. The molecule has 2 heterocycles. The van der Waals surface area contributed by atoms with Crippen molar-refractivity contribution in [3.8, 4) is 11.3 Å². The number of hydrogen-bond acceptors (Lipinski definition) is 5. The number of halogens is 3. The number of fused-ring (bicyclic) bond motifs is 1.